The Labute approximate surface area is 122 Å². The highest BCUT2D eigenvalue weighted by Crippen LogP contribution is 2.29. The average molecular weight is 305 g/mol. The molecule has 2 heterocycles. The zero-order valence-corrected chi connectivity index (χ0v) is 11.5. The van der Waals surface area contributed by atoms with Crippen molar-refractivity contribution >= 4 is 22.2 Å². The molecule has 0 amide bonds. The zero-order valence-electron chi connectivity index (χ0n) is 10.6. The molecule has 108 valence electrons. The van der Waals surface area contributed by atoms with E-state index in [1.54, 1.807) is 6.07 Å². The minimum Gasteiger partial charge on any atom is -0.609 e. The molecule has 3 rings (SSSR count). The molecule has 1 aromatic carbocycles. The number of aromatic amines is 1. The van der Waals surface area contributed by atoms with Crippen LogP contribution in [0.1, 0.15) is 5.69 Å². The Hall–Kier alpha value is -2.45. The summed E-state index contributed by atoms with van der Waals surface area (Å²) in [4.78, 5) is 10.9. The number of pyridine rings is 1. The highest BCUT2D eigenvalue weighted by molar-refractivity contribution is 7.90. The lowest BCUT2D eigenvalue weighted by molar-refractivity contribution is 0.397. The minimum absolute atomic E-state index is 0.0682. The van der Waals surface area contributed by atoms with E-state index in [9.17, 15) is 19.9 Å². The molecule has 3 aromatic rings. The van der Waals surface area contributed by atoms with Gasteiger partial charge in [-0.3, -0.25) is 9.97 Å². The van der Waals surface area contributed by atoms with Gasteiger partial charge in [0.25, 0.3) is 0 Å². The van der Waals surface area contributed by atoms with Gasteiger partial charge in [0.15, 0.2) is 17.3 Å². The van der Waals surface area contributed by atoms with E-state index in [1.165, 1.54) is 24.4 Å². The van der Waals surface area contributed by atoms with E-state index in [1.807, 2.05) is 0 Å². The number of fused-ring (bicyclic) bond motifs is 1. The molecule has 0 fully saturated rings. The number of rotatable bonds is 3. The molecule has 7 nitrogen and oxygen atoms in total. The largest absolute Gasteiger partial charge is 0.609 e. The summed E-state index contributed by atoms with van der Waals surface area (Å²) in [6.07, 6.45) is 1.32. The third kappa shape index (κ3) is 2.58. The summed E-state index contributed by atoms with van der Waals surface area (Å²) in [5.74, 6) is -0.726. The standard InChI is InChI=1S/C13H11N3O4S/c17-7-1-2-8-9(5-7)16-13(15-8)21(20)6-10-12(19)11(18)3-4-14-10/h1-5,17,19H,6H2,(H,14,18)(H,15,16). The summed E-state index contributed by atoms with van der Waals surface area (Å²) in [6.45, 7) is 0. The fraction of sp³-hybridized carbons (Fsp3) is 0.0769. The SMILES string of the molecule is [O-][S+](Cc1nccc(O)c1O)c1nc2cc(O)ccc2[nH]1. The van der Waals surface area contributed by atoms with Gasteiger partial charge in [-0.1, -0.05) is 0 Å². The summed E-state index contributed by atoms with van der Waals surface area (Å²) in [6, 6.07) is 5.82. The van der Waals surface area contributed by atoms with E-state index in [-0.39, 0.29) is 33.9 Å². The number of hydrogen-bond donors (Lipinski definition) is 4. The number of phenolic OH excluding ortho intramolecular Hbond substituents is 1. The predicted molar refractivity (Wildman–Crippen MR) is 75.4 cm³/mol. The van der Waals surface area contributed by atoms with Crippen LogP contribution in [0.3, 0.4) is 0 Å². The second-order valence-corrected chi connectivity index (χ2v) is 5.73. The number of hydrogen-bond acceptors (Lipinski definition) is 6. The third-order valence-corrected chi connectivity index (χ3v) is 4.07. The van der Waals surface area contributed by atoms with E-state index in [2.05, 4.69) is 15.0 Å². The first-order valence-corrected chi connectivity index (χ1v) is 7.29. The maximum absolute atomic E-state index is 12.3. The van der Waals surface area contributed by atoms with E-state index >= 15 is 0 Å². The molecule has 0 aliphatic heterocycles. The topological polar surface area (TPSA) is 125 Å². The number of imidazole rings is 1. The summed E-state index contributed by atoms with van der Waals surface area (Å²) in [5.41, 5.74) is 1.26. The van der Waals surface area contributed by atoms with Crippen LogP contribution in [-0.4, -0.2) is 34.8 Å². The van der Waals surface area contributed by atoms with Crippen molar-refractivity contribution in [1.29, 1.82) is 0 Å². The van der Waals surface area contributed by atoms with Crippen molar-refractivity contribution in [3.05, 3.63) is 36.2 Å². The highest BCUT2D eigenvalue weighted by Gasteiger charge is 2.21. The summed E-state index contributed by atoms with van der Waals surface area (Å²) >= 11 is -1.57. The van der Waals surface area contributed by atoms with Crippen LogP contribution in [0, 0.1) is 0 Å². The van der Waals surface area contributed by atoms with Gasteiger partial charge in [0, 0.05) is 29.5 Å². The minimum atomic E-state index is -1.57. The molecule has 2 aromatic heterocycles. The van der Waals surface area contributed by atoms with Gasteiger partial charge < -0.3 is 19.9 Å². The van der Waals surface area contributed by atoms with Gasteiger partial charge in [0.1, 0.15) is 11.4 Å². The second kappa shape index (κ2) is 5.15. The molecule has 0 saturated carbocycles. The van der Waals surface area contributed by atoms with Gasteiger partial charge in [-0.25, -0.2) is 0 Å². The molecule has 0 aliphatic carbocycles. The van der Waals surface area contributed by atoms with Crippen molar-refractivity contribution in [1.82, 2.24) is 15.0 Å². The lowest BCUT2D eigenvalue weighted by Crippen LogP contribution is -2.08. The van der Waals surface area contributed by atoms with Gasteiger partial charge in [-0.05, 0) is 12.1 Å². The summed E-state index contributed by atoms with van der Waals surface area (Å²) < 4.78 is 12.3. The van der Waals surface area contributed by atoms with Crippen molar-refractivity contribution < 1.29 is 19.9 Å². The maximum atomic E-state index is 12.3. The molecule has 0 saturated heterocycles. The van der Waals surface area contributed by atoms with Crippen LogP contribution in [-0.2, 0) is 16.9 Å². The van der Waals surface area contributed by atoms with Crippen LogP contribution in [0.25, 0.3) is 11.0 Å². The first-order valence-electron chi connectivity index (χ1n) is 5.97. The first kappa shape index (κ1) is 13.5. The van der Waals surface area contributed by atoms with Crippen molar-refractivity contribution in [3.63, 3.8) is 0 Å². The molecule has 0 spiro atoms. The molecular weight excluding hydrogens is 294 g/mol. The Morgan fingerprint density at radius 1 is 1.19 bits per heavy atom. The van der Waals surface area contributed by atoms with E-state index in [0.717, 1.165) is 0 Å². The Morgan fingerprint density at radius 3 is 2.81 bits per heavy atom. The Bertz CT molecular complexity index is 805. The van der Waals surface area contributed by atoms with Gasteiger partial charge in [-0.2, -0.15) is 4.98 Å². The Balaban J connectivity index is 1.89. The fourth-order valence-electron chi connectivity index (χ4n) is 1.86. The van der Waals surface area contributed by atoms with Crippen LogP contribution >= 0.6 is 0 Å². The smallest absolute Gasteiger partial charge is 0.322 e. The normalized spacial score (nSPS) is 12.6. The molecule has 1 atom stereocenters. The van der Waals surface area contributed by atoms with E-state index in [4.69, 9.17) is 0 Å². The Kier molecular flexibility index (Phi) is 3.32. The number of aromatic nitrogens is 3. The van der Waals surface area contributed by atoms with Crippen molar-refractivity contribution in [3.8, 4) is 17.2 Å². The number of benzene rings is 1. The number of nitrogens with one attached hydrogen (secondary N) is 1. The maximum Gasteiger partial charge on any atom is 0.322 e. The molecule has 1 unspecified atom stereocenters. The molecule has 4 N–H and O–H groups in total. The first-order chi connectivity index (χ1) is 10.0. The predicted octanol–water partition coefficient (Wildman–Crippen LogP) is 1.38. The van der Waals surface area contributed by atoms with Crippen LogP contribution in [0.4, 0.5) is 0 Å². The Morgan fingerprint density at radius 2 is 2.00 bits per heavy atom. The fourth-order valence-corrected chi connectivity index (χ4v) is 2.88. The van der Waals surface area contributed by atoms with Crippen molar-refractivity contribution in [2.75, 3.05) is 0 Å². The van der Waals surface area contributed by atoms with Crippen LogP contribution in [0.5, 0.6) is 17.2 Å². The lowest BCUT2D eigenvalue weighted by Gasteiger charge is -2.08. The molecule has 8 heteroatoms. The van der Waals surface area contributed by atoms with Gasteiger partial charge >= 0.3 is 5.16 Å². The van der Waals surface area contributed by atoms with Crippen molar-refractivity contribution in [2.45, 2.75) is 10.9 Å². The van der Waals surface area contributed by atoms with Crippen LogP contribution in [0.15, 0.2) is 35.6 Å². The number of aromatic hydroxyl groups is 3. The lowest BCUT2D eigenvalue weighted by atomic mass is 10.3. The number of nitrogens with zero attached hydrogens (tertiary/aromatic N) is 2. The number of H-pyrrole nitrogens is 1. The number of phenols is 1. The zero-order chi connectivity index (χ0) is 15.0. The van der Waals surface area contributed by atoms with Crippen LogP contribution < -0.4 is 0 Å². The average Bonchev–Trinajstić information content (AvgIpc) is 2.87. The monoisotopic (exact) mass is 305 g/mol. The molecule has 0 aliphatic rings. The van der Waals surface area contributed by atoms with Gasteiger partial charge in [0.05, 0.1) is 11.0 Å². The molecule has 0 radical (unpaired) electrons. The third-order valence-electron chi connectivity index (χ3n) is 2.91. The quantitative estimate of drug-likeness (QED) is 0.542. The van der Waals surface area contributed by atoms with E-state index < -0.39 is 11.2 Å². The molecular formula is C13H11N3O4S. The van der Waals surface area contributed by atoms with Gasteiger partial charge in [0.2, 0.25) is 0 Å². The van der Waals surface area contributed by atoms with Crippen molar-refractivity contribution in [2.24, 2.45) is 0 Å². The second-order valence-electron chi connectivity index (χ2n) is 4.36. The van der Waals surface area contributed by atoms with Crippen LogP contribution in [0.2, 0.25) is 0 Å². The summed E-state index contributed by atoms with van der Waals surface area (Å²) in [5, 5.41) is 28.6. The summed E-state index contributed by atoms with van der Waals surface area (Å²) in [7, 11) is 0. The van der Waals surface area contributed by atoms with Gasteiger partial charge in [-0.15, -0.1) is 0 Å². The highest BCUT2D eigenvalue weighted by atomic mass is 32.2. The van der Waals surface area contributed by atoms with E-state index in [0.29, 0.717) is 11.0 Å². The molecule has 0 bridgehead atoms. The molecule has 21 heavy (non-hydrogen) atoms.